The van der Waals surface area contributed by atoms with Gasteiger partial charge in [0.2, 0.25) is 12.1 Å². The third-order valence-corrected chi connectivity index (χ3v) is 6.10. The number of nitro groups is 2. The Labute approximate surface area is 183 Å². The number of hydrogen-bond donors (Lipinski definition) is 3. The highest BCUT2D eigenvalue weighted by atomic mass is 16.6. The highest BCUT2D eigenvalue weighted by molar-refractivity contribution is 5.45. The molecule has 0 unspecified atom stereocenters. The predicted molar refractivity (Wildman–Crippen MR) is 113 cm³/mol. The quantitative estimate of drug-likeness (QED) is 0.447. The largest absolute Gasteiger partial charge is 0.504 e. The maximum Gasteiger partial charge on any atom is 0.243 e. The summed E-state index contributed by atoms with van der Waals surface area (Å²) in [6.07, 6.45) is 0. The molecule has 0 spiro atoms. The van der Waals surface area contributed by atoms with E-state index >= 15 is 0 Å². The minimum absolute atomic E-state index is 0.128. The molecule has 0 amide bonds. The lowest BCUT2D eigenvalue weighted by molar-refractivity contribution is -0.605. The predicted octanol–water partition coefficient (Wildman–Crippen LogP) is 2.82. The standard InChI is InChI=1S/C21H25N3O8/c1-21(2)19(23(27)28)17(11-5-7-13(25)15(9-11)31-3)22-18(20(21)24(29)30)12-6-8-14(26)16(10-12)32-4/h5-10,17-20,22,25-26H,1-4H3/t17-,18-,19-,20+/m1/s1. The van der Waals surface area contributed by atoms with Crippen molar-refractivity contribution in [2.45, 2.75) is 38.0 Å². The van der Waals surface area contributed by atoms with Gasteiger partial charge in [0.1, 0.15) is 17.5 Å². The molecule has 1 saturated heterocycles. The lowest BCUT2D eigenvalue weighted by Gasteiger charge is -2.44. The Balaban J connectivity index is 2.20. The molecular formula is C21H25N3O8. The van der Waals surface area contributed by atoms with Crippen LogP contribution in [-0.4, -0.2) is 46.4 Å². The molecule has 3 rings (SSSR count). The molecule has 4 atom stereocenters. The van der Waals surface area contributed by atoms with Gasteiger partial charge in [-0.3, -0.25) is 25.5 Å². The van der Waals surface area contributed by atoms with Crippen LogP contribution in [0.4, 0.5) is 0 Å². The van der Waals surface area contributed by atoms with Crippen LogP contribution < -0.4 is 14.8 Å². The lowest BCUT2D eigenvalue weighted by atomic mass is 9.66. The number of aromatic hydroxyl groups is 2. The number of nitrogens with one attached hydrogen (secondary N) is 1. The normalized spacial score (nSPS) is 24.5. The van der Waals surface area contributed by atoms with E-state index in [2.05, 4.69) is 5.32 Å². The summed E-state index contributed by atoms with van der Waals surface area (Å²) in [6.45, 7) is 3.01. The Morgan fingerprint density at radius 3 is 1.53 bits per heavy atom. The van der Waals surface area contributed by atoms with E-state index in [1.54, 1.807) is 0 Å². The fourth-order valence-electron chi connectivity index (χ4n) is 4.53. The number of phenols is 2. The fraction of sp³-hybridized carbons (Fsp3) is 0.429. The molecule has 1 aliphatic heterocycles. The summed E-state index contributed by atoms with van der Waals surface area (Å²) in [5.74, 6) is -0.00848. The molecule has 0 saturated carbocycles. The van der Waals surface area contributed by atoms with Gasteiger partial charge in [-0.25, -0.2) is 0 Å². The number of benzene rings is 2. The second-order valence-corrected chi connectivity index (χ2v) is 8.27. The van der Waals surface area contributed by atoms with Gasteiger partial charge in [-0.15, -0.1) is 0 Å². The molecular weight excluding hydrogens is 422 g/mol. The van der Waals surface area contributed by atoms with Gasteiger partial charge >= 0.3 is 0 Å². The van der Waals surface area contributed by atoms with Crippen molar-refractivity contribution in [2.75, 3.05) is 14.2 Å². The molecule has 11 heteroatoms. The smallest absolute Gasteiger partial charge is 0.243 e. The monoisotopic (exact) mass is 447 g/mol. The van der Waals surface area contributed by atoms with Gasteiger partial charge in [0.15, 0.2) is 23.0 Å². The van der Waals surface area contributed by atoms with Crippen molar-refractivity contribution >= 4 is 0 Å². The second-order valence-electron chi connectivity index (χ2n) is 8.27. The molecule has 0 radical (unpaired) electrons. The van der Waals surface area contributed by atoms with Crippen LogP contribution >= 0.6 is 0 Å². The van der Waals surface area contributed by atoms with Crippen molar-refractivity contribution in [3.8, 4) is 23.0 Å². The minimum atomic E-state index is -1.39. The van der Waals surface area contributed by atoms with E-state index in [1.807, 2.05) is 0 Å². The molecule has 1 fully saturated rings. The summed E-state index contributed by atoms with van der Waals surface area (Å²) in [4.78, 5) is 23.3. The van der Waals surface area contributed by atoms with Gasteiger partial charge in [0, 0.05) is 9.85 Å². The van der Waals surface area contributed by atoms with Crippen LogP contribution in [0.2, 0.25) is 0 Å². The number of rotatable bonds is 6. The molecule has 1 heterocycles. The van der Waals surface area contributed by atoms with E-state index in [0.717, 1.165) is 0 Å². The van der Waals surface area contributed by atoms with E-state index in [4.69, 9.17) is 9.47 Å². The Kier molecular flexibility index (Phi) is 6.13. The first-order valence-corrected chi connectivity index (χ1v) is 9.79. The molecule has 2 aromatic rings. The van der Waals surface area contributed by atoms with Gasteiger partial charge < -0.3 is 19.7 Å². The van der Waals surface area contributed by atoms with Gasteiger partial charge in [-0.2, -0.15) is 0 Å². The number of hydrogen-bond acceptors (Lipinski definition) is 9. The van der Waals surface area contributed by atoms with Crippen molar-refractivity contribution in [3.05, 3.63) is 67.8 Å². The third-order valence-electron chi connectivity index (χ3n) is 6.10. The summed E-state index contributed by atoms with van der Waals surface area (Å²) >= 11 is 0. The lowest BCUT2D eigenvalue weighted by Crippen LogP contribution is -2.63. The van der Waals surface area contributed by atoms with Crippen molar-refractivity contribution in [1.29, 1.82) is 0 Å². The zero-order valence-electron chi connectivity index (χ0n) is 18.0. The number of methoxy groups -OCH3 is 2. The summed E-state index contributed by atoms with van der Waals surface area (Å²) < 4.78 is 10.3. The van der Waals surface area contributed by atoms with Crippen LogP contribution in [0.15, 0.2) is 36.4 Å². The van der Waals surface area contributed by atoms with E-state index in [-0.39, 0.29) is 23.0 Å². The zero-order valence-corrected chi connectivity index (χ0v) is 18.0. The van der Waals surface area contributed by atoms with Crippen molar-refractivity contribution in [2.24, 2.45) is 5.41 Å². The van der Waals surface area contributed by atoms with Crippen LogP contribution in [0.25, 0.3) is 0 Å². The van der Waals surface area contributed by atoms with Crippen LogP contribution in [0.3, 0.4) is 0 Å². The summed E-state index contributed by atoms with van der Waals surface area (Å²) in [5.41, 5.74) is -0.511. The number of nitrogens with zero attached hydrogens (tertiary/aromatic N) is 2. The first-order valence-electron chi connectivity index (χ1n) is 9.79. The van der Waals surface area contributed by atoms with Crippen molar-refractivity contribution < 1.29 is 29.5 Å². The average molecular weight is 447 g/mol. The molecule has 0 aliphatic carbocycles. The topological polar surface area (TPSA) is 157 Å². The number of piperidine rings is 1. The van der Waals surface area contributed by atoms with E-state index in [1.165, 1.54) is 64.5 Å². The van der Waals surface area contributed by atoms with Gasteiger partial charge in [-0.05, 0) is 49.2 Å². The molecule has 11 nitrogen and oxygen atoms in total. The van der Waals surface area contributed by atoms with E-state index in [9.17, 15) is 30.4 Å². The Morgan fingerprint density at radius 1 is 0.844 bits per heavy atom. The number of ether oxygens (including phenoxy) is 2. The molecule has 0 bridgehead atoms. The summed E-state index contributed by atoms with van der Waals surface area (Å²) in [7, 11) is 2.71. The Bertz CT molecular complexity index is 962. The highest BCUT2D eigenvalue weighted by Crippen LogP contribution is 2.48. The fourth-order valence-corrected chi connectivity index (χ4v) is 4.53. The summed E-state index contributed by atoms with van der Waals surface area (Å²) in [5, 5.41) is 47.2. The summed E-state index contributed by atoms with van der Waals surface area (Å²) in [6, 6.07) is 4.11. The Morgan fingerprint density at radius 2 is 1.22 bits per heavy atom. The van der Waals surface area contributed by atoms with Crippen molar-refractivity contribution in [3.63, 3.8) is 0 Å². The molecule has 2 aromatic carbocycles. The molecule has 1 aliphatic rings. The van der Waals surface area contributed by atoms with Crippen LogP contribution in [-0.2, 0) is 0 Å². The molecule has 32 heavy (non-hydrogen) atoms. The van der Waals surface area contributed by atoms with Crippen LogP contribution in [0.1, 0.15) is 37.1 Å². The van der Waals surface area contributed by atoms with Gasteiger partial charge in [0.25, 0.3) is 0 Å². The van der Waals surface area contributed by atoms with E-state index < -0.39 is 39.4 Å². The van der Waals surface area contributed by atoms with Crippen LogP contribution in [0.5, 0.6) is 23.0 Å². The highest BCUT2D eigenvalue weighted by Gasteiger charge is 2.63. The van der Waals surface area contributed by atoms with Crippen LogP contribution in [0, 0.1) is 25.6 Å². The first kappa shape index (κ1) is 23.1. The van der Waals surface area contributed by atoms with E-state index in [0.29, 0.717) is 11.1 Å². The van der Waals surface area contributed by atoms with Gasteiger partial charge in [0.05, 0.1) is 14.2 Å². The maximum absolute atomic E-state index is 12.1. The Hall–Kier alpha value is -3.60. The molecule has 3 N–H and O–H groups in total. The molecule has 0 aromatic heterocycles. The average Bonchev–Trinajstić information content (AvgIpc) is 2.72. The van der Waals surface area contributed by atoms with Crippen molar-refractivity contribution in [1.82, 2.24) is 5.32 Å². The first-order chi connectivity index (χ1) is 15.0. The third kappa shape index (κ3) is 3.86. The second kappa shape index (κ2) is 8.50. The number of phenolic OH excluding ortho intramolecular Hbond substituents is 2. The minimum Gasteiger partial charge on any atom is -0.504 e. The SMILES string of the molecule is COc1cc([C@H]2N[C@H](c3ccc(O)c(OC)c3)[C@@H]([N+](=O)[O-])C(C)(C)[C@H]2[N+](=O)[O-])ccc1O. The molecule has 172 valence electrons. The maximum atomic E-state index is 12.1. The zero-order chi connectivity index (χ0) is 23.8. The van der Waals surface area contributed by atoms with Gasteiger partial charge in [-0.1, -0.05) is 12.1 Å².